The summed E-state index contributed by atoms with van der Waals surface area (Å²) < 4.78 is 0.993. The van der Waals surface area contributed by atoms with E-state index in [-0.39, 0.29) is 0 Å². The fourth-order valence-corrected chi connectivity index (χ4v) is 2.45. The van der Waals surface area contributed by atoms with Gasteiger partial charge >= 0.3 is 0 Å². The minimum atomic E-state index is 0.881. The molecule has 2 heterocycles. The third kappa shape index (κ3) is 2.90. The maximum absolute atomic E-state index is 4.24. The molecule has 2 rings (SSSR count). The van der Waals surface area contributed by atoms with Gasteiger partial charge in [0, 0.05) is 19.0 Å². The van der Waals surface area contributed by atoms with Crippen LogP contribution >= 0.6 is 23.1 Å². The first-order chi connectivity index (χ1) is 7.38. The molecular formula is C9H10N4S2. The molecule has 0 aliphatic carbocycles. The Bertz CT molecular complexity index is 399. The number of anilines is 1. The molecule has 2 aromatic rings. The highest BCUT2D eigenvalue weighted by Gasteiger charge is 1.99. The molecule has 0 aliphatic rings. The average Bonchev–Trinajstić information content (AvgIpc) is 2.80. The summed E-state index contributed by atoms with van der Waals surface area (Å²) in [5.74, 6) is 1.77. The predicted molar refractivity (Wildman–Crippen MR) is 63.3 cm³/mol. The largest absolute Gasteiger partial charge is 0.373 e. The monoisotopic (exact) mass is 238 g/mol. The minimum Gasteiger partial charge on any atom is -0.373 e. The number of nitrogens with one attached hydrogen (secondary N) is 1. The van der Waals surface area contributed by atoms with Crippen molar-refractivity contribution in [2.45, 2.75) is 10.1 Å². The number of nitrogens with zero attached hydrogens (tertiary/aromatic N) is 3. The molecule has 0 amide bonds. The molecule has 4 nitrogen and oxygen atoms in total. The normalized spacial score (nSPS) is 10.2. The Morgan fingerprint density at radius 2 is 2.40 bits per heavy atom. The molecule has 0 radical (unpaired) electrons. The van der Waals surface area contributed by atoms with Crippen LogP contribution in [0.25, 0.3) is 0 Å². The van der Waals surface area contributed by atoms with E-state index in [1.807, 2.05) is 19.3 Å². The van der Waals surface area contributed by atoms with E-state index in [9.17, 15) is 0 Å². The van der Waals surface area contributed by atoms with Crippen molar-refractivity contribution in [2.24, 2.45) is 0 Å². The summed E-state index contributed by atoms with van der Waals surface area (Å²) in [4.78, 5) is 4.24. The van der Waals surface area contributed by atoms with E-state index in [0.29, 0.717) is 0 Å². The highest BCUT2D eigenvalue weighted by molar-refractivity contribution is 8.00. The third-order valence-corrected chi connectivity index (χ3v) is 3.71. The number of pyridine rings is 1. The van der Waals surface area contributed by atoms with E-state index in [1.54, 1.807) is 28.6 Å². The first kappa shape index (κ1) is 10.4. The molecule has 78 valence electrons. The second-order valence-electron chi connectivity index (χ2n) is 2.80. The Labute approximate surface area is 96.2 Å². The van der Waals surface area contributed by atoms with Crippen LogP contribution in [0.5, 0.6) is 0 Å². The predicted octanol–water partition coefficient (Wildman–Crippen LogP) is 2.27. The molecule has 0 fully saturated rings. The van der Waals surface area contributed by atoms with E-state index in [1.165, 1.54) is 5.56 Å². The Kier molecular flexibility index (Phi) is 3.52. The van der Waals surface area contributed by atoms with Gasteiger partial charge < -0.3 is 5.32 Å². The van der Waals surface area contributed by atoms with Gasteiger partial charge in [-0.15, -0.1) is 10.2 Å². The molecule has 6 heteroatoms. The fraction of sp³-hybridized carbons (Fsp3) is 0.222. The summed E-state index contributed by atoms with van der Waals surface area (Å²) in [5, 5.41) is 10.7. The van der Waals surface area contributed by atoms with Crippen LogP contribution in [0.4, 0.5) is 5.82 Å². The summed E-state index contributed by atoms with van der Waals surface area (Å²) >= 11 is 3.24. The summed E-state index contributed by atoms with van der Waals surface area (Å²) in [6, 6.07) is 4.03. The van der Waals surface area contributed by atoms with Gasteiger partial charge in [-0.1, -0.05) is 29.2 Å². The van der Waals surface area contributed by atoms with Crippen LogP contribution in [0, 0.1) is 0 Å². The van der Waals surface area contributed by atoms with Crippen LogP contribution in [0.2, 0.25) is 0 Å². The summed E-state index contributed by atoms with van der Waals surface area (Å²) in [7, 11) is 1.86. The Hall–Kier alpha value is -1.14. The lowest BCUT2D eigenvalue weighted by molar-refractivity contribution is 1.01. The van der Waals surface area contributed by atoms with Gasteiger partial charge in [0.05, 0.1) is 0 Å². The van der Waals surface area contributed by atoms with Crippen molar-refractivity contribution < 1.29 is 0 Å². The standard InChI is InChI=1S/C9H10N4S2/c1-10-8-3-2-7(4-11-8)5-14-9-13-12-6-15-9/h2-4,6H,5H2,1H3,(H,10,11). The van der Waals surface area contributed by atoms with Crippen molar-refractivity contribution in [1.82, 2.24) is 15.2 Å². The van der Waals surface area contributed by atoms with Gasteiger partial charge in [-0.3, -0.25) is 0 Å². The summed E-state index contributed by atoms with van der Waals surface area (Å²) in [6.45, 7) is 0. The Morgan fingerprint density at radius 1 is 1.47 bits per heavy atom. The lowest BCUT2D eigenvalue weighted by Gasteiger charge is -2.00. The van der Waals surface area contributed by atoms with Gasteiger partial charge in [0.25, 0.3) is 0 Å². The van der Waals surface area contributed by atoms with E-state index in [2.05, 4.69) is 26.6 Å². The zero-order chi connectivity index (χ0) is 10.5. The third-order valence-electron chi connectivity index (χ3n) is 1.78. The molecule has 0 saturated heterocycles. The number of rotatable bonds is 4. The van der Waals surface area contributed by atoms with Crippen LogP contribution in [-0.2, 0) is 5.75 Å². The lowest BCUT2D eigenvalue weighted by Crippen LogP contribution is -1.92. The molecule has 0 saturated carbocycles. The van der Waals surface area contributed by atoms with Crippen LogP contribution in [0.3, 0.4) is 0 Å². The molecule has 0 spiro atoms. The van der Waals surface area contributed by atoms with Gasteiger partial charge in [-0.05, 0) is 11.6 Å². The van der Waals surface area contributed by atoms with Crippen molar-refractivity contribution >= 4 is 28.9 Å². The first-order valence-electron chi connectivity index (χ1n) is 4.40. The Morgan fingerprint density at radius 3 is 3.00 bits per heavy atom. The fourth-order valence-electron chi connectivity index (χ4n) is 1.03. The molecule has 0 aromatic carbocycles. The van der Waals surface area contributed by atoms with Gasteiger partial charge in [0.15, 0.2) is 4.34 Å². The van der Waals surface area contributed by atoms with Gasteiger partial charge in [-0.25, -0.2) is 4.98 Å². The SMILES string of the molecule is CNc1ccc(CSc2nncs2)cn1. The molecular weight excluding hydrogens is 228 g/mol. The lowest BCUT2D eigenvalue weighted by atomic mass is 10.3. The number of thioether (sulfide) groups is 1. The zero-order valence-corrected chi connectivity index (χ0v) is 9.81. The van der Waals surface area contributed by atoms with Crippen molar-refractivity contribution in [3.05, 3.63) is 29.4 Å². The molecule has 1 N–H and O–H groups in total. The van der Waals surface area contributed by atoms with Crippen LogP contribution in [0.1, 0.15) is 5.56 Å². The number of hydrogen-bond acceptors (Lipinski definition) is 6. The van der Waals surface area contributed by atoms with Crippen LogP contribution < -0.4 is 5.32 Å². The highest BCUT2D eigenvalue weighted by Crippen LogP contribution is 2.23. The second kappa shape index (κ2) is 5.09. The second-order valence-corrected chi connectivity index (χ2v) is 4.85. The molecule has 0 unspecified atom stereocenters. The van der Waals surface area contributed by atoms with Crippen molar-refractivity contribution in [3.63, 3.8) is 0 Å². The van der Waals surface area contributed by atoms with E-state index >= 15 is 0 Å². The van der Waals surface area contributed by atoms with E-state index in [4.69, 9.17) is 0 Å². The van der Waals surface area contributed by atoms with Crippen molar-refractivity contribution in [3.8, 4) is 0 Å². The number of hydrogen-bond donors (Lipinski definition) is 1. The number of aromatic nitrogens is 3. The quantitative estimate of drug-likeness (QED) is 0.828. The van der Waals surface area contributed by atoms with Gasteiger partial charge in [0.1, 0.15) is 11.3 Å². The molecule has 0 aliphatic heterocycles. The average molecular weight is 238 g/mol. The maximum atomic E-state index is 4.24. The van der Waals surface area contributed by atoms with Gasteiger partial charge in [0.2, 0.25) is 0 Å². The van der Waals surface area contributed by atoms with Crippen LogP contribution in [0.15, 0.2) is 28.2 Å². The molecule has 0 bridgehead atoms. The van der Waals surface area contributed by atoms with Crippen molar-refractivity contribution in [1.29, 1.82) is 0 Å². The zero-order valence-electron chi connectivity index (χ0n) is 8.17. The molecule has 0 atom stereocenters. The maximum Gasteiger partial charge on any atom is 0.174 e. The van der Waals surface area contributed by atoms with Gasteiger partial charge in [-0.2, -0.15) is 0 Å². The highest BCUT2D eigenvalue weighted by atomic mass is 32.2. The van der Waals surface area contributed by atoms with E-state index in [0.717, 1.165) is 15.9 Å². The summed E-state index contributed by atoms with van der Waals surface area (Å²) in [6.07, 6.45) is 1.87. The Balaban J connectivity index is 1.93. The van der Waals surface area contributed by atoms with Crippen LogP contribution in [-0.4, -0.2) is 22.2 Å². The smallest absolute Gasteiger partial charge is 0.174 e. The topological polar surface area (TPSA) is 50.7 Å². The molecule has 2 aromatic heterocycles. The molecule has 15 heavy (non-hydrogen) atoms. The van der Waals surface area contributed by atoms with Crippen molar-refractivity contribution in [2.75, 3.05) is 12.4 Å². The minimum absolute atomic E-state index is 0.881. The first-order valence-corrected chi connectivity index (χ1v) is 6.26. The van der Waals surface area contributed by atoms with E-state index < -0.39 is 0 Å². The summed E-state index contributed by atoms with van der Waals surface area (Å²) in [5.41, 5.74) is 2.93.